The lowest BCUT2D eigenvalue weighted by molar-refractivity contribution is -0.154. The van der Waals surface area contributed by atoms with Gasteiger partial charge in [0.15, 0.2) is 0 Å². The molecule has 0 radical (unpaired) electrons. The molecule has 0 aromatic rings. The van der Waals surface area contributed by atoms with Crippen LogP contribution in [0.25, 0.3) is 0 Å². The summed E-state index contributed by atoms with van der Waals surface area (Å²) in [6.45, 7) is 3.52. The SMILES string of the molecule is CC(C)C1C2CCC1(C(=O)N(CCO)CCO)C(=O)C2=O. The molecular weight excluding hydrogens is 274 g/mol. The van der Waals surface area contributed by atoms with Gasteiger partial charge in [-0.1, -0.05) is 13.8 Å². The number of hydrogen-bond donors (Lipinski definition) is 2. The van der Waals surface area contributed by atoms with Crippen LogP contribution < -0.4 is 0 Å². The minimum absolute atomic E-state index is 0.0574. The van der Waals surface area contributed by atoms with Crippen molar-refractivity contribution in [2.75, 3.05) is 26.3 Å². The van der Waals surface area contributed by atoms with E-state index in [-0.39, 0.29) is 44.1 Å². The van der Waals surface area contributed by atoms with Crippen molar-refractivity contribution >= 4 is 17.5 Å². The molecule has 0 aromatic heterocycles. The smallest absolute Gasteiger partial charge is 0.237 e. The van der Waals surface area contributed by atoms with Gasteiger partial charge in [-0.3, -0.25) is 14.4 Å². The van der Waals surface area contributed by atoms with Crippen LogP contribution in [0.15, 0.2) is 0 Å². The Morgan fingerprint density at radius 2 is 1.86 bits per heavy atom. The average molecular weight is 297 g/mol. The van der Waals surface area contributed by atoms with Crippen molar-refractivity contribution in [2.24, 2.45) is 23.2 Å². The molecule has 2 aliphatic rings. The molecule has 1 amide bonds. The van der Waals surface area contributed by atoms with E-state index in [1.807, 2.05) is 13.8 Å². The number of rotatable bonds is 6. The maximum absolute atomic E-state index is 12.9. The molecule has 21 heavy (non-hydrogen) atoms. The van der Waals surface area contributed by atoms with Crippen LogP contribution in [0, 0.1) is 23.2 Å². The first kappa shape index (κ1) is 16.1. The van der Waals surface area contributed by atoms with Crippen molar-refractivity contribution in [1.82, 2.24) is 4.90 Å². The van der Waals surface area contributed by atoms with Gasteiger partial charge in [0, 0.05) is 19.0 Å². The van der Waals surface area contributed by atoms with Crippen molar-refractivity contribution in [1.29, 1.82) is 0 Å². The second kappa shape index (κ2) is 5.85. The van der Waals surface area contributed by atoms with Gasteiger partial charge in [0.1, 0.15) is 5.41 Å². The molecular formula is C15H23NO5. The standard InChI is InChI=1S/C15H23NO5/c1-9(2)11-10-3-4-15(11,13(20)12(10)19)14(21)16(5-7-17)6-8-18/h9-11,17-18H,3-8H2,1-2H3. The Morgan fingerprint density at radius 1 is 1.29 bits per heavy atom. The molecule has 0 aliphatic heterocycles. The number of amides is 1. The molecule has 118 valence electrons. The lowest BCUT2D eigenvalue weighted by Gasteiger charge is -2.35. The van der Waals surface area contributed by atoms with E-state index in [4.69, 9.17) is 10.2 Å². The molecule has 0 heterocycles. The second-order valence-electron chi connectivity index (χ2n) is 6.32. The normalized spacial score (nSPS) is 31.3. The molecule has 2 fully saturated rings. The Kier molecular flexibility index (Phi) is 4.49. The number of carbonyl (C=O) groups is 3. The summed E-state index contributed by atoms with van der Waals surface area (Å²) < 4.78 is 0. The van der Waals surface area contributed by atoms with Gasteiger partial charge in [-0.05, 0) is 24.7 Å². The zero-order chi connectivity index (χ0) is 15.8. The van der Waals surface area contributed by atoms with Crippen LogP contribution in [0.2, 0.25) is 0 Å². The fourth-order valence-electron chi connectivity index (χ4n) is 4.24. The topological polar surface area (TPSA) is 94.9 Å². The van der Waals surface area contributed by atoms with E-state index in [1.165, 1.54) is 4.90 Å². The number of hydrogen-bond acceptors (Lipinski definition) is 5. The summed E-state index contributed by atoms with van der Waals surface area (Å²) in [6, 6.07) is 0. The Hall–Kier alpha value is -1.27. The predicted octanol–water partition coefficient (Wildman–Crippen LogP) is -0.380. The lowest BCUT2D eigenvalue weighted by Crippen LogP contribution is -2.52. The molecule has 2 N–H and O–H groups in total. The largest absolute Gasteiger partial charge is 0.395 e. The van der Waals surface area contributed by atoms with Crippen molar-refractivity contribution in [3.63, 3.8) is 0 Å². The summed E-state index contributed by atoms with van der Waals surface area (Å²) in [6.07, 6.45) is 0.975. The van der Waals surface area contributed by atoms with Crippen molar-refractivity contribution in [3.8, 4) is 0 Å². The molecule has 3 unspecified atom stereocenters. The first-order valence-electron chi connectivity index (χ1n) is 7.51. The molecule has 3 atom stereocenters. The van der Waals surface area contributed by atoms with Crippen LogP contribution in [0.1, 0.15) is 26.7 Å². The molecule has 0 spiro atoms. The van der Waals surface area contributed by atoms with E-state index >= 15 is 0 Å². The number of fused-ring (bicyclic) bond motifs is 2. The minimum Gasteiger partial charge on any atom is -0.395 e. The highest BCUT2D eigenvalue weighted by Crippen LogP contribution is 2.58. The summed E-state index contributed by atoms with van der Waals surface area (Å²) in [7, 11) is 0. The molecule has 2 aliphatic carbocycles. The highest BCUT2D eigenvalue weighted by Gasteiger charge is 2.69. The van der Waals surface area contributed by atoms with Gasteiger partial charge in [0.05, 0.1) is 13.2 Å². The third-order valence-electron chi connectivity index (χ3n) is 4.94. The third kappa shape index (κ3) is 2.21. The maximum Gasteiger partial charge on any atom is 0.237 e. The fraction of sp³-hybridized carbons (Fsp3) is 0.800. The van der Waals surface area contributed by atoms with Crippen LogP contribution in [0.3, 0.4) is 0 Å². The predicted molar refractivity (Wildman–Crippen MR) is 74.3 cm³/mol. The van der Waals surface area contributed by atoms with E-state index in [0.717, 1.165) is 0 Å². The number of carbonyl (C=O) groups excluding carboxylic acids is 3. The molecule has 6 nitrogen and oxygen atoms in total. The summed E-state index contributed by atoms with van der Waals surface area (Å²) in [4.78, 5) is 38.8. The maximum atomic E-state index is 12.9. The summed E-state index contributed by atoms with van der Waals surface area (Å²) in [5, 5.41) is 18.2. The van der Waals surface area contributed by atoms with E-state index in [0.29, 0.717) is 12.8 Å². The number of aliphatic hydroxyl groups excluding tert-OH is 2. The molecule has 6 heteroatoms. The first-order valence-corrected chi connectivity index (χ1v) is 7.51. The molecule has 2 rings (SSSR count). The van der Waals surface area contributed by atoms with Gasteiger partial charge < -0.3 is 15.1 Å². The van der Waals surface area contributed by atoms with Crippen LogP contribution in [0.4, 0.5) is 0 Å². The highest BCUT2D eigenvalue weighted by atomic mass is 16.3. The monoisotopic (exact) mass is 297 g/mol. The molecule has 2 saturated carbocycles. The number of aliphatic hydroxyl groups is 2. The quantitative estimate of drug-likeness (QED) is 0.515. The van der Waals surface area contributed by atoms with Crippen LogP contribution in [-0.4, -0.2) is 58.9 Å². The van der Waals surface area contributed by atoms with Crippen molar-refractivity contribution in [2.45, 2.75) is 26.7 Å². The minimum atomic E-state index is -1.26. The van der Waals surface area contributed by atoms with Crippen molar-refractivity contribution < 1.29 is 24.6 Å². The zero-order valence-electron chi connectivity index (χ0n) is 12.5. The van der Waals surface area contributed by atoms with E-state index in [1.54, 1.807) is 0 Å². The number of nitrogens with zero attached hydrogens (tertiary/aromatic N) is 1. The zero-order valence-corrected chi connectivity index (χ0v) is 12.5. The number of Topliss-reactive ketones (excluding diaryl/α,β-unsaturated/α-hetero) is 2. The summed E-state index contributed by atoms with van der Waals surface area (Å²) in [5.74, 6) is -1.93. The molecule has 2 bridgehead atoms. The molecule has 0 saturated heterocycles. The Labute approximate surface area is 124 Å². The van der Waals surface area contributed by atoms with E-state index < -0.39 is 22.9 Å². The Morgan fingerprint density at radius 3 is 2.33 bits per heavy atom. The lowest BCUT2D eigenvalue weighted by atomic mass is 9.72. The van der Waals surface area contributed by atoms with E-state index in [9.17, 15) is 14.4 Å². The van der Waals surface area contributed by atoms with Crippen molar-refractivity contribution in [3.05, 3.63) is 0 Å². The summed E-state index contributed by atoms with van der Waals surface area (Å²) >= 11 is 0. The Balaban J connectivity index is 2.39. The van der Waals surface area contributed by atoms with Gasteiger partial charge in [0.2, 0.25) is 17.5 Å². The number of ketones is 2. The Bertz CT molecular complexity index is 455. The first-order chi connectivity index (χ1) is 9.91. The van der Waals surface area contributed by atoms with Crippen LogP contribution >= 0.6 is 0 Å². The van der Waals surface area contributed by atoms with Crippen LogP contribution in [0.5, 0.6) is 0 Å². The van der Waals surface area contributed by atoms with Gasteiger partial charge in [-0.25, -0.2) is 0 Å². The highest BCUT2D eigenvalue weighted by molar-refractivity contribution is 6.47. The van der Waals surface area contributed by atoms with Gasteiger partial charge in [-0.2, -0.15) is 0 Å². The average Bonchev–Trinajstić information content (AvgIpc) is 2.93. The van der Waals surface area contributed by atoms with Crippen LogP contribution in [-0.2, 0) is 14.4 Å². The van der Waals surface area contributed by atoms with E-state index in [2.05, 4.69) is 0 Å². The third-order valence-corrected chi connectivity index (χ3v) is 4.94. The molecule has 0 aromatic carbocycles. The summed E-state index contributed by atoms with van der Waals surface area (Å²) in [5.41, 5.74) is -1.26. The van der Waals surface area contributed by atoms with Gasteiger partial charge >= 0.3 is 0 Å². The second-order valence-corrected chi connectivity index (χ2v) is 6.32. The van der Waals surface area contributed by atoms with Gasteiger partial charge in [0.25, 0.3) is 0 Å². The van der Waals surface area contributed by atoms with Gasteiger partial charge in [-0.15, -0.1) is 0 Å². The fourth-order valence-corrected chi connectivity index (χ4v) is 4.24.